The van der Waals surface area contributed by atoms with Crippen molar-refractivity contribution in [3.05, 3.63) is 64.5 Å². The van der Waals surface area contributed by atoms with E-state index in [0.717, 1.165) is 11.1 Å². The van der Waals surface area contributed by atoms with Crippen molar-refractivity contribution in [2.75, 3.05) is 26.8 Å². The van der Waals surface area contributed by atoms with E-state index in [9.17, 15) is 19.5 Å². The van der Waals surface area contributed by atoms with Crippen LogP contribution in [0, 0.1) is 6.92 Å². The van der Waals surface area contributed by atoms with Crippen LogP contribution in [0.4, 0.5) is 4.79 Å². The van der Waals surface area contributed by atoms with Crippen molar-refractivity contribution in [1.82, 2.24) is 14.8 Å². The lowest BCUT2D eigenvalue weighted by molar-refractivity contribution is -0.142. The highest BCUT2D eigenvalue weighted by Gasteiger charge is 2.49. The van der Waals surface area contributed by atoms with Crippen LogP contribution in [0.15, 0.2) is 42.2 Å². The summed E-state index contributed by atoms with van der Waals surface area (Å²) in [5, 5.41) is 11.6. The molecule has 2 aromatic rings. The molecule has 1 N–H and O–H groups in total. The summed E-state index contributed by atoms with van der Waals surface area (Å²) in [5.74, 6) is -0.800. The molecule has 3 heterocycles. The molecule has 2 fully saturated rings. The zero-order valence-corrected chi connectivity index (χ0v) is 22.6. The third kappa shape index (κ3) is 4.97. The summed E-state index contributed by atoms with van der Waals surface area (Å²) in [6, 6.07) is 6.12. The second-order valence-electron chi connectivity index (χ2n) is 9.97. The van der Waals surface area contributed by atoms with Gasteiger partial charge in [0.1, 0.15) is 11.5 Å². The fourth-order valence-corrected chi connectivity index (χ4v) is 5.36. The first-order valence-electron chi connectivity index (χ1n) is 13.0. The predicted octanol–water partition coefficient (Wildman–Crippen LogP) is 4.56. The number of hydrogen-bond donors (Lipinski definition) is 1. The van der Waals surface area contributed by atoms with Gasteiger partial charge in [0.25, 0.3) is 11.7 Å². The van der Waals surface area contributed by atoms with Gasteiger partial charge in [-0.2, -0.15) is 0 Å². The number of piperidine rings is 1. The van der Waals surface area contributed by atoms with Crippen LogP contribution in [0.3, 0.4) is 0 Å². The van der Waals surface area contributed by atoms with E-state index in [2.05, 4.69) is 4.98 Å². The average molecular weight is 522 g/mol. The van der Waals surface area contributed by atoms with E-state index in [1.807, 2.05) is 32.9 Å². The van der Waals surface area contributed by atoms with Crippen LogP contribution < -0.4 is 4.74 Å². The molecule has 0 aliphatic carbocycles. The van der Waals surface area contributed by atoms with Crippen LogP contribution >= 0.6 is 0 Å². The second-order valence-corrected chi connectivity index (χ2v) is 9.97. The van der Waals surface area contributed by atoms with Crippen LogP contribution in [0.2, 0.25) is 0 Å². The minimum absolute atomic E-state index is 0.0406. The van der Waals surface area contributed by atoms with Gasteiger partial charge in [-0.1, -0.05) is 19.9 Å². The van der Waals surface area contributed by atoms with E-state index in [1.165, 1.54) is 0 Å². The third-order valence-corrected chi connectivity index (χ3v) is 7.32. The van der Waals surface area contributed by atoms with Crippen molar-refractivity contribution >= 4 is 23.5 Å². The Balaban J connectivity index is 1.79. The highest BCUT2D eigenvalue weighted by molar-refractivity contribution is 6.46. The molecule has 1 aromatic heterocycles. The topological polar surface area (TPSA) is 109 Å². The van der Waals surface area contributed by atoms with E-state index in [4.69, 9.17) is 9.47 Å². The molecule has 9 nitrogen and oxygen atoms in total. The summed E-state index contributed by atoms with van der Waals surface area (Å²) in [7, 11) is 1.60. The number of aromatic nitrogens is 1. The number of likely N-dealkylation sites (tertiary alicyclic amines) is 2. The zero-order chi connectivity index (χ0) is 27.6. The maximum Gasteiger partial charge on any atom is 0.409 e. The van der Waals surface area contributed by atoms with Crippen LogP contribution in [-0.4, -0.2) is 70.5 Å². The molecule has 2 aliphatic heterocycles. The van der Waals surface area contributed by atoms with Crippen LogP contribution in [0.1, 0.15) is 67.8 Å². The molecule has 1 atom stereocenters. The lowest BCUT2D eigenvalue weighted by atomic mass is 9.91. The number of carbonyl (C=O) groups excluding carboxylic acids is 3. The lowest BCUT2D eigenvalue weighted by Crippen LogP contribution is -2.48. The molecule has 9 heteroatoms. The van der Waals surface area contributed by atoms with Gasteiger partial charge in [0, 0.05) is 37.1 Å². The molecular weight excluding hydrogens is 486 g/mol. The molecule has 0 spiro atoms. The number of aryl methyl sites for hydroxylation is 1. The summed E-state index contributed by atoms with van der Waals surface area (Å²) in [6.07, 6.45) is 3.83. The Bertz CT molecular complexity index is 1250. The van der Waals surface area contributed by atoms with Crippen molar-refractivity contribution in [1.29, 1.82) is 0 Å². The SMILES string of the molecule is CCOC(=O)N1CCC(N2C(=O)C(=O)/C(=C(/O)c3cc(C(C)C)c(OC)cc3C)C2c2cccnc2)CC1. The minimum atomic E-state index is -0.799. The number of rotatable bonds is 6. The van der Waals surface area contributed by atoms with E-state index in [-0.39, 0.29) is 36.0 Å². The molecule has 0 bridgehead atoms. The summed E-state index contributed by atoms with van der Waals surface area (Å²) < 4.78 is 10.7. The fraction of sp³-hybridized carbons (Fsp3) is 0.448. The van der Waals surface area contributed by atoms with Gasteiger partial charge in [0.15, 0.2) is 0 Å². The number of ether oxygens (including phenoxy) is 2. The van der Waals surface area contributed by atoms with Gasteiger partial charge in [-0.05, 0) is 67.5 Å². The van der Waals surface area contributed by atoms with E-state index >= 15 is 0 Å². The number of aliphatic hydroxyl groups is 1. The maximum atomic E-state index is 13.5. The largest absolute Gasteiger partial charge is 0.507 e. The van der Waals surface area contributed by atoms with Crippen molar-refractivity contribution in [3.8, 4) is 5.75 Å². The van der Waals surface area contributed by atoms with Crippen LogP contribution in [0.5, 0.6) is 5.75 Å². The lowest BCUT2D eigenvalue weighted by Gasteiger charge is -2.38. The highest BCUT2D eigenvalue weighted by atomic mass is 16.6. The fourth-order valence-electron chi connectivity index (χ4n) is 5.36. The smallest absolute Gasteiger partial charge is 0.409 e. The average Bonchev–Trinajstić information content (AvgIpc) is 3.18. The molecule has 202 valence electrons. The normalized spacial score (nSPS) is 19.8. The first-order valence-corrected chi connectivity index (χ1v) is 13.0. The Labute approximate surface area is 223 Å². The number of Topliss-reactive ketones (excluding diaryl/α,β-unsaturated/α-hetero) is 1. The molecule has 4 rings (SSSR count). The Kier molecular flexibility index (Phi) is 8.04. The second kappa shape index (κ2) is 11.2. The van der Waals surface area contributed by atoms with E-state index < -0.39 is 17.7 Å². The van der Waals surface area contributed by atoms with Gasteiger partial charge in [0.05, 0.1) is 25.3 Å². The summed E-state index contributed by atoms with van der Waals surface area (Å²) >= 11 is 0. The summed E-state index contributed by atoms with van der Waals surface area (Å²) in [6.45, 7) is 8.73. The monoisotopic (exact) mass is 521 g/mol. The molecule has 2 amide bonds. The molecule has 0 saturated carbocycles. The molecule has 0 radical (unpaired) electrons. The van der Waals surface area contributed by atoms with Gasteiger partial charge < -0.3 is 24.4 Å². The zero-order valence-electron chi connectivity index (χ0n) is 22.6. The van der Waals surface area contributed by atoms with Crippen molar-refractivity contribution < 1.29 is 29.0 Å². The van der Waals surface area contributed by atoms with Gasteiger partial charge >= 0.3 is 6.09 Å². The number of ketones is 1. The number of methoxy groups -OCH3 is 1. The number of benzene rings is 1. The van der Waals surface area contributed by atoms with E-state index in [0.29, 0.717) is 42.8 Å². The molecule has 2 saturated heterocycles. The number of nitrogens with zero attached hydrogens (tertiary/aromatic N) is 3. The number of pyridine rings is 1. The van der Waals surface area contributed by atoms with Gasteiger partial charge in [0.2, 0.25) is 0 Å². The number of amides is 2. The molecule has 1 unspecified atom stereocenters. The Morgan fingerprint density at radius 1 is 1.21 bits per heavy atom. The van der Waals surface area contributed by atoms with Crippen LogP contribution in [-0.2, 0) is 14.3 Å². The maximum absolute atomic E-state index is 13.5. The van der Waals surface area contributed by atoms with E-state index in [1.54, 1.807) is 48.4 Å². The van der Waals surface area contributed by atoms with Crippen LogP contribution in [0.25, 0.3) is 5.76 Å². The van der Waals surface area contributed by atoms with Gasteiger partial charge in [-0.3, -0.25) is 14.6 Å². The highest BCUT2D eigenvalue weighted by Crippen LogP contribution is 2.43. The Morgan fingerprint density at radius 2 is 1.92 bits per heavy atom. The van der Waals surface area contributed by atoms with Gasteiger partial charge in [-0.15, -0.1) is 0 Å². The predicted molar refractivity (Wildman–Crippen MR) is 142 cm³/mol. The number of aliphatic hydroxyl groups excluding tert-OH is 1. The standard InChI is InChI=1S/C29H35N3O6/c1-6-38-29(36)31-12-9-20(10-13-31)32-25(19-8-7-11-30-16-19)24(27(34)28(32)35)26(33)22-15-21(17(2)3)23(37-5)14-18(22)4/h7-8,11,14-17,20,25,33H,6,9-10,12-13H2,1-5H3/b26-24+. The first kappa shape index (κ1) is 27.2. The number of hydrogen-bond acceptors (Lipinski definition) is 7. The van der Waals surface area contributed by atoms with Crippen molar-refractivity contribution in [2.45, 2.75) is 58.5 Å². The first-order chi connectivity index (χ1) is 18.2. The molecule has 2 aliphatic rings. The molecule has 1 aromatic carbocycles. The summed E-state index contributed by atoms with van der Waals surface area (Å²) in [4.78, 5) is 46.6. The van der Waals surface area contributed by atoms with Crippen molar-refractivity contribution in [2.24, 2.45) is 0 Å². The number of carbonyl (C=O) groups is 3. The molecular formula is C29H35N3O6. The minimum Gasteiger partial charge on any atom is -0.507 e. The Morgan fingerprint density at radius 3 is 2.50 bits per heavy atom. The van der Waals surface area contributed by atoms with Crippen molar-refractivity contribution in [3.63, 3.8) is 0 Å². The molecule has 38 heavy (non-hydrogen) atoms. The van der Waals surface area contributed by atoms with Gasteiger partial charge in [-0.25, -0.2) is 4.79 Å². The Hall–Kier alpha value is -3.88. The summed E-state index contributed by atoms with van der Waals surface area (Å²) in [5.41, 5.74) is 2.77. The quantitative estimate of drug-likeness (QED) is 0.337. The third-order valence-electron chi connectivity index (χ3n) is 7.32.